The van der Waals surface area contributed by atoms with Crippen molar-refractivity contribution in [3.63, 3.8) is 0 Å². The van der Waals surface area contributed by atoms with Crippen LogP contribution in [0.25, 0.3) is 0 Å². The molecule has 4 nitrogen and oxygen atoms in total. The number of hydrogen-bond acceptors (Lipinski definition) is 3. The Morgan fingerprint density at radius 2 is 1.68 bits per heavy atom. The third kappa shape index (κ3) is 8.23. The number of thioether (sulfide) groups is 1. The Balaban J connectivity index is 2.11. The molecule has 2 rings (SSSR count). The second kappa shape index (κ2) is 12.6. The van der Waals surface area contributed by atoms with Crippen LogP contribution >= 0.6 is 46.6 Å². The average molecular weight is 502 g/mol. The van der Waals surface area contributed by atoms with Gasteiger partial charge >= 0.3 is 0 Å². The highest BCUT2D eigenvalue weighted by molar-refractivity contribution is 7.99. The summed E-state index contributed by atoms with van der Waals surface area (Å²) >= 11 is 19.7. The summed E-state index contributed by atoms with van der Waals surface area (Å²) in [6.07, 6.45) is 0.812. The fourth-order valence-corrected chi connectivity index (χ4v) is 4.27. The number of nitrogens with zero attached hydrogens (tertiary/aromatic N) is 1. The van der Waals surface area contributed by atoms with Gasteiger partial charge in [0.05, 0.1) is 5.75 Å². The molecule has 168 valence electrons. The standard InChI is InChI=1S/C23H27Cl3N2O2S/c1-4-15(2)27-23(30)16(3)28(12-18-7-10-20(25)11-21(18)26)22(29)14-31-13-17-5-8-19(24)9-6-17/h5-11,15-16H,4,12-14H2,1-3H3,(H,27,30)/t15-,16-/m0/s1. The Kier molecular flexibility index (Phi) is 10.5. The minimum Gasteiger partial charge on any atom is -0.352 e. The van der Waals surface area contributed by atoms with Crippen molar-refractivity contribution in [1.82, 2.24) is 10.2 Å². The molecular formula is C23H27Cl3N2O2S. The van der Waals surface area contributed by atoms with Crippen LogP contribution in [0.2, 0.25) is 15.1 Å². The lowest BCUT2D eigenvalue weighted by molar-refractivity contribution is -0.138. The van der Waals surface area contributed by atoms with Crippen LogP contribution in [0.1, 0.15) is 38.3 Å². The van der Waals surface area contributed by atoms with E-state index in [9.17, 15) is 9.59 Å². The van der Waals surface area contributed by atoms with Crippen molar-refractivity contribution in [3.8, 4) is 0 Å². The molecule has 0 aliphatic heterocycles. The normalized spacial score (nSPS) is 12.8. The van der Waals surface area contributed by atoms with E-state index in [4.69, 9.17) is 34.8 Å². The molecule has 0 aliphatic rings. The van der Waals surface area contributed by atoms with Gasteiger partial charge in [-0.05, 0) is 55.7 Å². The first kappa shape index (κ1) is 25.9. The van der Waals surface area contributed by atoms with Crippen molar-refractivity contribution < 1.29 is 9.59 Å². The number of hydrogen-bond donors (Lipinski definition) is 1. The number of halogens is 3. The molecule has 0 unspecified atom stereocenters. The molecule has 0 aromatic heterocycles. The summed E-state index contributed by atoms with van der Waals surface area (Å²) in [7, 11) is 0. The monoisotopic (exact) mass is 500 g/mol. The van der Waals surface area contributed by atoms with Crippen molar-refractivity contribution in [1.29, 1.82) is 0 Å². The SMILES string of the molecule is CC[C@H](C)NC(=O)[C@H](C)N(Cc1ccc(Cl)cc1Cl)C(=O)CSCc1ccc(Cl)cc1. The van der Waals surface area contributed by atoms with Crippen LogP contribution < -0.4 is 5.32 Å². The highest BCUT2D eigenvalue weighted by Gasteiger charge is 2.27. The topological polar surface area (TPSA) is 49.4 Å². The Morgan fingerprint density at radius 3 is 2.29 bits per heavy atom. The molecule has 0 saturated heterocycles. The molecule has 0 bridgehead atoms. The minimum absolute atomic E-state index is 0.0327. The van der Waals surface area contributed by atoms with Gasteiger partial charge in [-0.25, -0.2) is 0 Å². The fraction of sp³-hybridized carbons (Fsp3) is 0.391. The lowest BCUT2D eigenvalue weighted by Gasteiger charge is -2.30. The smallest absolute Gasteiger partial charge is 0.242 e. The van der Waals surface area contributed by atoms with Crippen LogP contribution in [-0.4, -0.2) is 34.6 Å². The van der Waals surface area contributed by atoms with Gasteiger partial charge in [0.1, 0.15) is 6.04 Å². The number of carbonyl (C=O) groups excluding carboxylic acids is 2. The third-order valence-corrected chi connectivity index (χ3v) is 6.76. The Hall–Kier alpha value is -1.40. The highest BCUT2D eigenvalue weighted by atomic mass is 35.5. The van der Waals surface area contributed by atoms with E-state index in [0.717, 1.165) is 17.5 Å². The minimum atomic E-state index is -0.635. The molecule has 2 atom stereocenters. The van der Waals surface area contributed by atoms with E-state index in [1.165, 1.54) is 11.8 Å². The number of amides is 2. The van der Waals surface area contributed by atoms with Crippen LogP contribution in [0, 0.1) is 0 Å². The average Bonchev–Trinajstić information content (AvgIpc) is 2.73. The van der Waals surface area contributed by atoms with Crippen LogP contribution in [0.15, 0.2) is 42.5 Å². The van der Waals surface area contributed by atoms with Gasteiger partial charge in [-0.3, -0.25) is 9.59 Å². The predicted octanol–water partition coefficient (Wildman–Crippen LogP) is 6.21. The second-order valence-electron chi connectivity index (χ2n) is 7.37. The van der Waals surface area contributed by atoms with E-state index in [1.54, 1.807) is 30.0 Å². The van der Waals surface area contributed by atoms with Crippen LogP contribution in [0.5, 0.6) is 0 Å². The van der Waals surface area contributed by atoms with E-state index in [1.807, 2.05) is 38.1 Å². The molecule has 2 amide bonds. The molecule has 31 heavy (non-hydrogen) atoms. The van der Waals surface area contributed by atoms with E-state index in [2.05, 4.69) is 5.32 Å². The zero-order valence-electron chi connectivity index (χ0n) is 17.8. The molecule has 0 fully saturated rings. The molecule has 0 heterocycles. The molecule has 0 saturated carbocycles. The van der Waals surface area contributed by atoms with Gasteiger partial charge in [0, 0.05) is 33.4 Å². The predicted molar refractivity (Wildman–Crippen MR) is 132 cm³/mol. The summed E-state index contributed by atoms with van der Waals surface area (Å²) in [5.41, 5.74) is 1.82. The summed E-state index contributed by atoms with van der Waals surface area (Å²) in [5, 5.41) is 4.62. The van der Waals surface area contributed by atoms with Crippen molar-refractivity contribution in [3.05, 3.63) is 68.7 Å². The molecule has 2 aromatic rings. The number of benzene rings is 2. The zero-order chi connectivity index (χ0) is 23.0. The van der Waals surface area contributed by atoms with Crippen molar-refractivity contribution in [2.75, 3.05) is 5.75 Å². The van der Waals surface area contributed by atoms with Gasteiger partial charge in [-0.1, -0.05) is 59.9 Å². The molecule has 0 aliphatic carbocycles. The molecule has 8 heteroatoms. The Bertz CT molecular complexity index is 893. The van der Waals surface area contributed by atoms with E-state index in [-0.39, 0.29) is 30.2 Å². The van der Waals surface area contributed by atoms with Gasteiger partial charge in [-0.2, -0.15) is 0 Å². The van der Waals surface area contributed by atoms with Gasteiger partial charge in [-0.15, -0.1) is 11.8 Å². The van der Waals surface area contributed by atoms with Gasteiger partial charge in [0.25, 0.3) is 0 Å². The first-order chi connectivity index (χ1) is 14.7. The van der Waals surface area contributed by atoms with Gasteiger partial charge in [0.2, 0.25) is 11.8 Å². The fourth-order valence-electron chi connectivity index (χ4n) is 2.80. The van der Waals surface area contributed by atoms with Crippen LogP contribution in [0.4, 0.5) is 0 Å². The van der Waals surface area contributed by atoms with Crippen molar-refractivity contribution in [2.45, 2.75) is 51.6 Å². The van der Waals surface area contributed by atoms with E-state index < -0.39 is 6.04 Å². The molecule has 0 radical (unpaired) electrons. The maximum Gasteiger partial charge on any atom is 0.242 e. The van der Waals surface area contributed by atoms with E-state index in [0.29, 0.717) is 20.8 Å². The van der Waals surface area contributed by atoms with Crippen molar-refractivity contribution in [2.24, 2.45) is 0 Å². The van der Waals surface area contributed by atoms with Crippen LogP contribution in [0.3, 0.4) is 0 Å². The summed E-state index contributed by atoms with van der Waals surface area (Å²) < 4.78 is 0. The quantitative estimate of drug-likeness (QED) is 0.421. The summed E-state index contributed by atoms with van der Waals surface area (Å²) in [6.45, 7) is 5.91. The van der Waals surface area contributed by atoms with Gasteiger partial charge in [0.15, 0.2) is 0 Å². The summed E-state index contributed by atoms with van der Waals surface area (Å²) in [4.78, 5) is 27.4. The van der Waals surface area contributed by atoms with Gasteiger partial charge < -0.3 is 10.2 Å². The number of nitrogens with one attached hydrogen (secondary N) is 1. The van der Waals surface area contributed by atoms with E-state index >= 15 is 0 Å². The molecule has 2 aromatic carbocycles. The Labute approximate surface area is 203 Å². The summed E-state index contributed by atoms with van der Waals surface area (Å²) in [6, 6.07) is 12.1. The first-order valence-electron chi connectivity index (χ1n) is 10.1. The second-order valence-corrected chi connectivity index (χ2v) is 9.64. The zero-order valence-corrected chi connectivity index (χ0v) is 20.9. The van der Waals surface area contributed by atoms with Crippen molar-refractivity contribution >= 4 is 58.4 Å². The summed E-state index contributed by atoms with van der Waals surface area (Å²) in [5.74, 6) is 0.605. The Morgan fingerprint density at radius 1 is 1.03 bits per heavy atom. The third-order valence-electron chi connectivity index (χ3n) is 4.93. The van der Waals surface area contributed by atoms with Crippen LogP contribution in [-0.2, 0) is 21.9 Å². The molecule has 1 N–H and O–H groups in total. The lowest BCUT2D eigenvalue weighted by atomic mass is 10.1. The first-order valence-corrected chi connectivity index (χ1v) is 12.4. The maximum absolute atomic E-state index is 13.1. The highest BCUT2D eigenvalue weighted by Crippen LogP contribution is 2.24. The number of carbonyl (C=O) groups is 2. The largest absolute Gasteiger partial charge is 0.352 e. The molecule has 0 spiro atoms. The maximum atomic E-state index is 13.1. The number of rotatable bonds is 10. The lowest BCUT2D eigenvalue weighted by Crippen LogP contribution is -2.50. The molecular weight excluding hydrogens is 475 g/mol.